The summed E-state index contributed by atoms with van der Waals surface area (Å²) >= 11 is 0.803. The number of rotatable bonds is 8. The lowest BCUT2D eigenvalue weighted by atomic mass is 10.1. The van der Waals surface area contributed by atoms with Gasteiger partial charge in [-0.1, -0.05) is 12.1 Å². The summed E-state index contributed by atoms with van der Waals surface area (Å²) < 4.78 is 11.2. The molecule has 0 radical (unpaired) electrons. The van der Waals surface area contributed by atoms with Gasteiger partial charge in [0.1, 0.15) is 18.0 Å². The van der Waals surface area contributed by atoms with Crippen LogP contribution in [0.15, 0.2) is 41.3 Å². The molecule has 2 aromatic rings. The van der Waals surface area contributed by atoms with Crippen LogP contribution in [0.25, 0.3) is 6.08 Å². The third-order valence-corrected chi connectivity index (χ3v) is 5.84. The number of anilines is 1. The molecule has 1 N–H and O–H groups in total. The van der Waals surface area contributed by atoms with Gasteiger partial charge in [-0.25, -0.2) is 0 Å². The van der Waals surface area contributed by atoms with E-state index in [9.17, 15) is 14.4 Å². The highest BCUT2D eigenvalue weighted by molar-refractivity contribution is 8.18. The second-order valence-electron chi connectivity index (χ2n) is 7.13. The van der Waals surface area contributed by atoms with Gasteiger partial charge in [0.25, 0.3) is 11.1 Å². The van der Waals surface area contributed by atoms with E-state index in [-0.39, 0.29) is 11.4 Å². The summed E-state index contributed by atoms with van der Waals surface area (Å²) in [6, 6.07) is 10.9. The molecule has 2 aromatic carbocycles. The van der Waals surface area contributed by atoms with Crippen LogP contribution < -0.4 is 14.8 Å². The highest BCUT2D eigenvalue weighted by atomic mass is 32.2. The molecule has 3 amide bonds. The summed E-state index contributed by atoms with van der Waals surface area (Å²) in [6.45, 7) is 8.21. The smallest absolute Gasteiger partial charge is 0.294 e. The van der Waals surface area contributed by atoms with Gasteiger partial charge in [0, 0.05) is 17.3 Å². The molecule has 0 saturated carbocycles. The fraction of sp³-hybridized carbons (Fsp3) is 0.292. The zero-order valence-electron chi connectivity index (χ0n) is 18.6. The Morgan fingerprint density at radius 3 is 2.56 bits per heavy atom. The van der Waals surface area contributed by atoms with Crippen LogP contribution in [0.2, 0.25) is 0 Å². The number of amides is 3. The van der Waals surface area contributed by atoms with Crippen molar-refractivity contribution in [2.24, 2.45) is 0 Å². The fourth-order valence-electron chi connectivity index (χ4n) is 3.17. The summed E-state index contributed by atoms with van der Waals surface area (Å²) in [5.74, 6) is 0.271. The number of imide groups is 1. The minimum Gasteiger partial charge on any atom is -0.494 e. The first-order chi connectivity index (χ1) is 15.3. The lowest BCUT2D eigenvalue weighted by molar-refractivity contribution is -0.127. The van der Waals surface area contributed by atoms with Crippen LogP contribution in [-0.2, 0) is 9.59 Å². The van der Waals surface area contributed by atoms with E-state index in [1.54, 1.807) is 30.3 Å². The van der Waals surface area contributed by atoms with Crippen molar-refractivity contribution in [3.05, 3.63) is 58.0 Å². The van der Waals surface area contributed by atoms with Gasteiger partial charge in [-0.2, -0.15) is 0 Å². The number of ether oxygens (including phenoxy) is 2. The third-order valence-electron chi connectivity index (χ3n) is 4.94. The van der Waals surface area contributed by atoms with Crippen molar-refractivity contribution < 1.29 is 23.9 Å². The number of carbonyl (C=O) groups is 3. The Morgan fingerprint density at radius 1 is 1.09 bits per heavy atom. The summed E-state index contributed by atoms with van der Waals surface area (Å²) in [4.78, 5) is 39.0. The molecule has 0 aromatic heterocycles. The zero-order chi connectivity index (χ0) is 23.3. The molecule has 1 saturated heterocycles. The van der Waals surface area contributed by atoms with Crippen molar-refractivity contribution in [1.82, 2.24) is 4.90 Å². The number of nitrogens with zero attached hydrogens (tertiary/aromatic N) is 1. The van der Waals surface area contributed by atoms with Crippen LogP contribution in [0, 0.1) is 13.8 Å². The number of aryl methyl sites for hydroxylation is 1. The summed E-state index contributed by atoms with van der Waals surface area (Å²) in [5, 5.41) is 2.29. The standard InChI is InChI=1S/C24H26N2O5S/c1-5-30-18-11-10-17(20(13-18)31-6-2)12-21-23(28)26(24(29)32-21)14-22(27)25-19-9-7-8-15(3)16(19)4/h7-13H,5-6,14H2,1-4H3,(H,25,27)/b21-12+. The van der Waals surface area contributed by atoms with E-state index in [2.05, 4.69) is 5.32 Å². The summed E-state index contributed by atoms with van der Waals surface area (Å²) in [5.41, 5.74) is 3.29. The molecule has 3 rings (SSSR count). The lowest BCUT2D eigenvalue weighted by Crippen LogP contribution is -2.36. The molecule has 0 bridgehead atoms. The number of thioether (sulfide) groups is 1. The van der Waals surface area contributed by atoms with E-state index in [0.717, 1.165) is 27.8 Å². The van der Waals surface area contributed by atoms with Gasteiger partial charge >= 0.3 is 0 Å². The van der Waals surface area contributed by atoms with Crippen LogP contribution in [0.1, 0.15) is 30.5 Å². The average molecular weight is 455 g/mol. The van der Waals surface area contributed by atoms with Crippen LogP contribution in [0.5, 0.6) is 11.5 Å². The predicted molar refractivity (Wildman–Crippen MR) is 126 cm³/mol. The van der Waals surface area contributed by atoms with Crippen molar-refractivity contribution >= 4 is 40.6 Å². The zero-order valence-corrected chi connectivity index (χ0v) is 19.4. The highest BCUT2D eigenvalue weighted by Gasteiger charge is 2.36. The van der Waals surface area contributed by atoms with Gasteiger partial charge in [0.15, 0.2) is 0 Å². The van der Waals surface area contributed by atoms with E-state index in [4.69, 9.17) is 9.47 Å². The van der Waals surface area contributed by atoms with Crippen molar-refractivity contribution in [3.63, 3.8) is 0 Å². The number of hydrogen-bond acceptors (Lipinski definition) is 6. The Labute approximate surface area is 191 Å². The first-order valence-electron chi connectivity index (χ1n) is 10.3. The first kappa shape index (κ1) is 23.4. The number of hydrogen-bond donors (Lipinski definition) is 1. The van der Waals surface area contributed by atoms with Gasteiger partial charge in [-0.3, -0.25) is 19.3 Å². The molecule has 0 atom stereocenters. The van der Waals surface area contributed by atoms with Crippen molar-refractivity contribution in [2.75, 3.05) is 25.1 Å². The molecule has 1 heterocycles. The summed E-state index contributed by atoms with van der Waals surface area (Å²) in [7, 11) is 0. The molecule has 32 heavy (non-hydrogen) atoms. The maximum Gasteiger partial charge on any atom is 0.294 e. The third kappa shape index (κ3) is 5.31. The van der Waals surface area contributed by atoms with Crippen LogP contribution >= 0.6 is 11.8 Å². The minimum atomic E-state index is -0.507. The normalized spacial score (nSPS) is 14.8. The van der Waals surface area contributed by atoms with E-state index >= 15 is 0 Å². The second-order valence-corrected chi connectivity index (χ2v) is 8.12. The van der Waals surface area contributed by atoms with Gasteiger partial charge in [0.05, 0.1) is 18.1 Å². The molecule has 0 spiro atoms. The Balaban J connectivity index is 1.76. The van der Waals surface area contributed by atoms with Crippen LogP contribution in [0.4, 0.5) is 10.5 Å². The van der Waals surface area contributed by atoms with Gasteiger partial charge in [-0.05, 0) is 74.9 Å². The Hall–Kier alpha value is -3.26. The molecule has 0 unspecified atom stereocenters. The number of nitrogens with one attached hydrogen (secondary N) is 1. The number of benzene rings is 2. The molecule has 1 aliphatic rings. The maximum atomic E-state index is 12.8. The average Bonchev–Trinajstić information content (AvgIpc) is 3.01. The SMILES string of the molecule is CCOc1ccc(/C=C2/SC(=O)N(CC(=O)Nc3cccc(C)c3C)C2=O)c(OCC)c1. The Bertz CT molecular complexity index is 1080. The van der Waals surface area contributed by atoms with E-state index in [0.29, 0.717) is 36.0 Å². The van der Waals surface area contributed by atoms with Crippen molar-refractivity contribution in [2.45, 2.75) is 27.7 Å². The minimum absolute atomic E-state index is 0.236. The monoisotopic (exact) mass is 454 g/mol. The maximum absolute atomic E-state index is 12.8. The topological polar surface area (TPSA) is 84.9 Å². The second kappa shape index (κ2) is 10.4. The molecule has 168 valence electrons. The Kier molecular flexibility index (Phi) is 7.58. The van der Waals surface area contributed by atoms with Crippen LogP contribution in [0.3, 0.4) is 0 Å². The van der Waals surface area contributed by atoms with Crippen molar-refractivity contribution in [3.8, 4) is 11.5 Å². The molecular weight excluding hydrogens is 428 g/mol. The summed E-state index contributed by atoms with van der Waals surface area (Å²) in [6.07, 6.45) is 1.61. The largest absolute Gasteiger partial charge is 0.494 e. The number of carbonyl (C=O) groups excluding carboxylic acids is 3. The molecule has 0 aliphatic carbocycles. The Morgan fingerprint density at radius 2 is 1.84 bits per heavy atom. The fourth-order valence-corrected chi connectivity index (χ4v) is 4.00. The quantitative estimate of drug-likeness (QED) is 0.578. The molecular formula is C24H26N2O5S. The highest BCUT2D eigenvalue weighted by Crippen LogP contribution is 2.35. The van der Waals surface area contributed by atoms with Gasteiger partial charge in [0.2, 0.25) is 5.91 Å². The van der Waals surface area contributed by atoms with Crippen molar-refractivity contribution in [1.29, 1.82) is 0 Å². The van der Waals surface area contributed by atoms with E-state index in [1.807, 2.05) is 39.8 Å². The van der Waals surface area contributed by atoms with E-state index in [1.165, 1.54) is 0 Å². The van der Waals surface area contributed by atoms with E-state index < -0.39 is 17.1 Å². The first-order valence-corrected chi connectivity index (χ1v) is 11.2. The molecule has 8 heteroatoms. The van der Waals surface area contributed by atoms with Gasteiger partial charge in [-0.15, -0.1) is 0 Å². The lowest BCUT2D eigenvalue weighted by Gasteiger charge is -2.14. The molecule has 7 nitrogen and oxygen atoms in total. The molecule has 1 aliphatic heterocycles. The van der Waals surface area contributed by atoms with Gasteiger partial charge < -0.3 is 14.8 Å². The van der Waals surface area contributed by atoms with Crippen LogP contribution in [-0.4, -0.2) is 41.7 Å². The molecule has 1 fully saturated rings. The predicted octanol–water partition coefficient (Wildman–Crippen LogP) is 4.78.